The van der Waals surface area contributed by atoms with E-state index in [0.29, 0.717) is 36.0 Å². The summed E-state index contributed by atoms with van der Waals surface area (Å²) in [7, 11) is 0. The van der Waals surface area contributed by atoms with Gasteiger partial charge in [-0.3, -0.25) is 9.59 Å². The van der Waals surface area contributed by atoms with Crippen molar-refractivity contribution < 1.29 is 4.79 Å². The summed E-state index contributed by atoms with van der Waals surface area (Å²) in [6, 6.07) is 7.51. The number of carbonyl (C=O) groups is 1. The molecule has 1 atom stereocenters. The fraction of sp³-hybridized carbons (Fsp3) is 0.526. The monoisotopic (exact) mass is 329 g/mol. The molecular formula is C19H27N3O2. The van der Waals surface area contributed by atoms with Crippen molar-refractivity contribution in [2.75, 3.05) is 0 Å². The molecule has 0 aliphatic carbocycles. The molecule has 1 heterocycles. The lowest BCUT2D eigenvalue weighted by Crippen LogP contribution is -2.32. The summed E-state index contributed by atoms with van der Waals surface area (Å²) in [5, 5.41) is 3.63. The second-order valence-corrected chi connectivity index (χ2v) is 6.35. The number of hydrogen-bond donors (Lipinski definition) is 2. The van der Waals surface area contributed by atoms with E-state index in [9.17, 15) is 9.59 Å². The van der Waals surface area contributed by atoms with E-state index in [2.05, 4.69) is 29.1 Å². The number of aromatic nitrogens is 2. The van der Waals surface area contributed by atoms with E-state index in [-0.39, 0.29) is 17.5 Å². The van der Waals surface area contributed by atoms with E-state index >= 15 is 0 Å². The van der Waals surface area contributed by atoms with Gasteiger partial charge in [0.15, 0.2) is 0 Å². The number of nitrogens with zero attached hydrogens (tertiary/aromatic N) is 1. The second kappa shape index (κ2) is 9.21. The van der Waals surface area contributed by atoms with E-state index in [1.807, 2.05) is 18.2 Å². The molecule has 0 aliphatic heterocycles. The zero-order chi connectivity index (χ0) is 17.4. The van der Waals surface area contributed by atoms with Gasteiger partial charge in [0, 0.05) is 18.9 Å². The quantitative estimate of drug-likeness (QED) is 0.693. The molecule has 0 bridgehead atoms. The Labute approximate surface area is 142 Å². The predicted octanol–water partition coefficient (Wildman–Crippen LogP) is 3.33. The van der Waals surface area contributed by atoms with Gasteiger partial charge in [-0.25, -0.2) is 4.98 Å². The number of hydrogen-bond acceptors (Lipinski definition) is 3. The molecule has 2 N–H and O–H groups in total. The summed E-state index contributed by atoms with van der Waals surface area (Å²) in [6.07, 6.45) is 6.30. The fourth-order valence-corrected chi connectivity index (χ4v) is 2.79. The first-order valence-electron chi connectivity index (χ1n) is 8.87. The van der Waals surface area contributed by atoms with Gasteiger partial charge >= 0.3 is 0 Å². The van der Waals surface area contributed by atoms with Crippen LogP contribution in [0, 0.1) is 0 Å². The van der Waals surface area contributed by atoms with Crippen molar-refractivity contribution in [1.82, 2.24) is 15.3 Å². The van der Waals surface area contributed by atoms with Crippen molar-refractivity contribution in [2.24, 2.45) is 0 Å². The predicted molar refractivity (Wildman–Crippen MR) is 97.0 cm³/mol. The first kappa shape index (κ1) is 18.2. The van der Waals surface area contributed by atoms with Crippen LogP contribution in [0.2, 0.25) is 0 Å². The van der Waals surface area contributed by atoms with E-state index in [0.717, 1.165) is 12.8 Å². The van der Waals surface area contributed by atoms with Gasteiger partial charge in [0.25, 0.3) is 5.56 Å². The van der Waals surface area contributed by atoms with Crippen LogP contribution in [-0.4, -0.2) is 21.9 Å². The highest BCUT2D eigenvalue weighted by Gasteiger charge is 2.08. The first-order valence-corrected chi connectivity index (χ1v) is 8.87. The molecule has 0 radical (unpaired) electrons. The Morgan fingerprint density at radius 2 is 2.04 bits per heavy atom. The normalized spacial score (nSPS) is 12.2. The zero-order valence-corrected chi connectivity index (χ0v) is 14.6. The molecule has 2 rings (SSSR count). The molecule has 1 aromatic heterocycles. The van der Waals surface area contributed by atoms with Crippen LogP contribution in [-0.2, 0) is 11.2 Å². The van der Waals surface area contributed by atoms with E-state index in [1.165, 1.54) is 12.8 Å². The Balaban J connectivity index is 1.79. The highest BCUT2D eigenvalue weighted by Crippen LogP contribution is 2.08. The van der Waals surface area contributed by atoms with Crippen LogP contribution in [0.1, 0.15) is 58.2 Å². The first-order chi connectivity index (χ1) is 11.6. The Hall–Kier alpha value is -2.17. The molecule has 0 saturated carbocycles. The third-order valence-electron chi connectivity index (χ3n) is 4.13. The minimum Gasteiger partial charge on any atom is -0.354 e. The van der Waals surface area contributed by atoms with Gasteiger partial charge in [0.05, 0.1) is 10.9 Å². The zero-order valence-electron chi connectivity index (χ0n) is 14.6. The van der Waals surface area contributed by atoms with Crippen molar-refractivity contribution in [1.29, 1.82) is 0 Å². The Morgan fingerprint density at radius 3 is 2.83 bits per heavy atom. The van der Waals surface area contributed by atoms with Gasteiger partial charge in [-0.15, -0.1) is 0 Å². The van der Waals surface area contributed by atoms with Crippen molar-refractivity contribution in [3.8, 4) is 0 Å². The van der Waals surface area contributed by atoms with Crippen LogP contribution in [0.25, 0.3) is 10.9 Å². The lowest BCUT2D eigenvalue weighted by Gasteiger charge is -2.13. The third-order valence-corrected chi connectivity index (χ3v) is 4.13. The molecule has 0 saturated heterocycles. The minimum absolute atomic E-state index is 0.0714. The molecule has 5 heteroatoms. The molecule has 130 valence electrons. The lowest BCUT2D eigenvalue weighted by molar-refractivity contribution is -0.121. The van der Waals surface area contributed by atoms with Crippen molar-refractivity contribution in [3.05, 3.63) is 40.4 Å². The molecular weight excluding hydrogens is 302 g/mol. The van der Waals surface area contributed by atoms with Crippen molar-refractivity contribution in [2.45, 2.75) is 64.8 Å². The number of H-pyrrole nitrogens is 1. The molecule has 1 unspecified atom stereocenters. The van der Waals surface area contributed by atoms with E-state index in [1.54, 1.807) is 6.07 Å². The Morgan fingerprint density at radius 1 is 1.25 bits per heavy atom. The Kier molecular flexibility index (Phi) is 6.97. The maximum atomic E-state index is 12.0. The Bertz CT molecular complexity index is 724. The minimum atomic E-state index is -0.121. The number of unbranched alkanes of at least 4 members (excludes halogenated alkanes) is 2. The van der Waals surface area contributed by atoms with Crippen LogP contribution >= 0.6 is 0 Å². The van der Waals surface area contributed by atoms with Crippen LogP contribution in [0.5, 0.6) is 0 Å². The second-order valence-electron chi connectivity index (χ2n) is 6.35. The molecule has 1 amide bonds. The number of benzene rings is 1. The topological polar surface area (TPSA) is 74.8 Å². The number of amides is 1. The molecule has 0 spiro atoms. The number of fused-ring (bicyclic) bond motifs is 1. The third kappa shape index (κ3) is 5.48. The SMILES string of the molecule is CCCCCC(C)NC(=O)CCCc1nc2ccccc2c(=O)[nH]1. The summed E-state index contributed by atoms with van der Waals surface area (Å²) in [5.41, 5.74) is 0.579. The molecule has 0 aliphatic rings. The number of rotatable bonds is 9. The lowest BCUT2D eigenvalue weighted by atomic mass is 10.1. The fourth-order valence-electron chi connectivity index (χ4n) is 2.79. The maximum Gasteiger partial charge on any atom is 0.258 e. The number of aryl methyl sites for hydroxylation is 1. The molecule has 1 aromatic carbocycles. The summed E-state index contributed by atoms with van der Waals surface area (Å²) in [4.78, 5) is 31.2. The van der Waals surface area contributed by atoms with Crippen LogP contribution in [0.4, 0.5) is 0 Å². The average Bonchev–Trinajstić information content (AvgIpc) is 2.55. The highest BCUT2D eigenvalue weighted by molar-refractivity contribution is 5.77. The van der Waals surface area contributed by atoms with Gasteiger partial charge in [-0.05, 0) is 31.9 Å². The number of aromatic amines is 1. The summed E-state index contributed by atoms with van der Waals surface area (Å²) in [5.74, 6) is 0.713. The maximum absolute atomic E-state index is 12.0. The molecule has 5 nitrogen and oxygen atoms in total. The van der Waals surface area contributed by atoms with E-state index in [4.69, 9.17) is 0 Å². The average molecular weight is 329 g/mol. The van der Waals surface area contributed by atoms with Crippen LogP contribution in [0.3, 0.4) is 0 Å². The number of para-hydroxylation sites is 1. The summed E-state index contributed by atoms with van der Waals surface area (Å²) in [6.45, 7) is 4.23. The number of carbonyl (C=O) groups excluding carboxylic acids is 1. The smallest absolute Gasteiger partial charge is 0.258 e. The molecule has 0 fully saturated rings. The summed E-state index contributed by atoms with van der Waals surface area (Å²) < 4.78 is 0. The number of nitrogens with one attached hydrogen (secondary N) is 2. The van der Waals surface area contributed by atoms with Crippen molar-refractivity contribution >= 4 is 16.8 Å². The van der Waals surface area contributed by atoms with Crippen molar-refractivity contribution in [3.63, 3.8) is 0 Å². The van der Waals surface area contributed by atoms with Gasteiger partial charge in [-0.1, -0.05) is 38.3 Å². The van der Waals surface area contributed by atoms with E-state index < -0.39 is 0 Å². The van der Waals surface area contributed by atoms with Crippen LogP contribution < -0.4 is 10.9 Å². The largest absolute Gasteiger partial charge is 0.354 e. The van der Waals surface area contributed by atoms with Gasteiger partial charge in [0.2, 0.25) is 5.91 Å². The van der Waals surface area contributed by atoms with Gasteiger partial charge < -0.3 is 10.3 Å². The molecule has 24 heavy (non-hydrogen) atoms. The van der Waals surface area contributed by atoms with Gasteiger partial charge in [-0.2, -0.15) is 0 Å². The standard InChI is InChI=1S/C19H27N3O2/c1-3-4-5-9-14(2)20-18(23)13-8-12-17-21-16-11-7-6-10-15(16)19(24)22-17/h6-7,10-11,14H,3-5,8-9,12-13H2,1-2H3,(H,20,23)(H,21,22,24). The van der Waals surface area contributed by atoms with Crippen LogP contribution in [0.15, 0.2) is 29.1 Å². The summed E-state index contributed by atoms with van der Waals surface area (Å²) >= 11 is 0. The van der Waals surface area contributed by atoms with Gasteiger partial charge in [0.1, 0.15) is 5.82 Å². The molecule has 2 aromatic rings. The highest BCUT2D eigenvalue weighted by atomic mass is 16.1.